The van der Waals surface area contributed by atoms with E-state index in [9.17, 15) is 4.79 Å². The van der Waals surface area contributed by atoms with Gasteiger partial charge >= 0.3 is 0 Å². The fourth-order valence-corrected chi connectivity index (χ4v) is 3.30. The average Bonchev–Trinajstić information content (AvgIpc) is 2.65. The molecule has 0 saturated heterocycles. The Morgan fingerprint density at radius 3 is 2.54 bits per heavy atom. The summed E-state index contributed by atoms with van der Waals surface area (Å²) in [5, 5.41) is 1.04. The van der Waals surface area contributed by atoms with Crippen molar-refractivity contribution < 1.29 is 14.3 Å². The number of para-hydroxylation sites is 1. The number of carbonyl (C=O) groups excluding carboxylic acids is 1. The Morgan fingerprint density at radius 2 is 1.85 bits per heavy atom. The Morgan fingerprint density at radius 1 is 1.08 bits per heavy atom. The highest BCUT2D eigenvalue weighted by atomic mass is 16.5. The lowest BCUT2D eigenvalue weighted by Gasteiger charge is -2.18. The van der Waals surface area contributed by atoms with E-state index in [1.165, 1.54) is 0 Å². The van der Waals surface area contributed by atoms with Crippen molar-refractivity contribution >= 4 is 16.7 Å². The van der Waals surface area contributed by atoms with Crippen molar-refractivity contribution in [1.29, 1.82) is 0 Å². The van der Waals surface area contributed by atoms with Gasteiger partial charge in [-0.25, -0.2) is 0 Å². The highest BCUT2D eigenvalue weighted by Crippen LogP contribution is 2.40. The predicted molar refractivity (Wildman–Crippen MR) is 104 cm³/mol. The van der Waals surface area contributed by atoms with Gasteiger partial charge in [0.05, 0.1) is 19.7 Å². The van der Waals surface area contributed by atoms with E-state index in [1.54, 1.807) is 21.1 Å². The third-order valence-corrected chi connectivity index (χ3v) is 4.60. The SMILES string of the molecule is COc1ccc(OC)c(-c2c(CCC(C)=O)c(C)nc3ccccc23)c1. The third kappa shape index (κ3) is 3.40. The van der Waals surface area contributed by atoms with Crippen LogP contribution in [0.2, 0.25) is 0 Å². The number of ether oxygens (including phenoxy) is 2. The first kappa shape index (κ1) is 17.9. The van der Waals surface area contributed by atoms with Gasteiger partial charge in [-0.15, -0.1) is 0 Å². The van der Waals surface area contributed by atoms with Crippen molar-refractivity contribution in [3.63, 3.8) is 0 Å². The third-order valence-electron chi connectivity index (χ3n) is 4.60. The van der Waals surface area contributed by atoms with Gasteiger partial charge in [-0.05, 0) is 55.7 Å². The molecule has 0 saturated carbocycles. The summed E-state index contributed by atoms with van der Waals surface area (Å²) < 4.78 is 11.1. The Balaban J connectivity index is 2.35. The number of benzene rings is 2. The van der Waals surface area contributed by atoms with E-state index in [4.69, 9.17) is 14.5 Å². The van der Waals surface area contributed by atoms with Crippen LogP contribution in [0.25, 0.3) is 22.0 Å². The quantitative estimate of drug-likeness (QED) is 0.644. The van der Waals surface area contributed by atoms with Gasteiger partial charge in [-0.2, -0.15) is 0 Å². The molecule has 2 aromatic carbocycles. The lowest BCUT2D eigenvalue weighted by Crippen LogP contribution is -2.03. The number of Topliss-reactive ketones (excluding diaryl/α,β-unsaturated/α-hetero) is 1. The molecule has 0 radical (unpaired) electrons. The lowest BCUT2D eigenvalue weighted by molar-refractivity contribution is -0.116. The van der Waals surface area contributed by atoms with Gasteiger partial charge in [0, 0.05) is 23.1 Å². The minimum atomic E-state index is 0.168. The Labute approximate surface area is 153 Å². The molecule has 0 atom stereocenters. The maximum atomic E-state index is 11.6. The van der Waals surface area contributed by atoms with Crippen LogP contribution in [0.15, 0.2) is 42.5 Å². The number of carbonyl (C=O) groups is 1. The smallest absolute Gasteiger partial charge is 0.130 e. The highest BCUT2D eigenvalue weighted by molar-refractivity contribution is 5.98. The molecule has 3 rings (SSSR count). The monoisotopic (exact) mass is 349 g/mol. The minimum Gasteiger partial charge on any atom is -0.497 e. The molecule has 134 valence electrons. The first-order chi connectivity index (χ1) is 12.5. The Hall–Kier alpha value is -2.88. The van der Waals surface area contributed by atoms with Crippen LogP contribution in [-0.4, -0.2) is 25.0 Å². The van der Waals surface area contributed by atoms with E-state index >= 15 is 0 Å². The molecule has 0 aliphatic rings. The Kier molecular flexibility index (Phi) is 5.21. The summed E-state index contributed by atoms with van der Waals surface area (Å²) in [4.78, 5) is 16.4. The van der Waals surface area contributed by atoms with E-state index < -0.39 is 0 Å². The van der Waals surface area contributed by atoms with Crippen LogP contribution in [0.4, 0.5) is 0 Å². The molecule has 1 aromatic heterocycles. The van der Waals surface area contributed by atoms with Gasteiger partial charge in [0.25, 0.3) is 0 Å². The number of pyridine rings is 1. The van der Waals surface area contributed by atoms with E-state index in [2.05, 4.69) is 6.07 Å². The van der Waals surface area contributed by atoms with E-state index in [0.29, 0.717) is 12.8 Å². The van der Waals surface area contributed by atoms with Gasteiger partial charge in [-0.1, -0.05) is 18.2 Å². The summed E-state index contributed by atoms with van der Waals surface area (Å²) in [6.07, 6.45) is 1.13. The summed E-state index contributed by atoms with van der Waals surface area (Å²) in [7, 11) is 3.31. The molecular formula is C22H23NO3. The topological polar surface area (TPSA) is 48.4 Å². The van der Waals surface area contributed by atoms with Gasteiger partial charge in [0.1, 0.15) is 17.3 Å². The van der Waals surface area contributed by atoms with Crippen LogP contribution >= 0.6 is 0 Å². The number of aromatic nitrogens is 1. The maximum Gasteiger partial charge on any atom is 0.130 e. The summed E-state index contributed by atoms with van der Waals surface area (Å²) in [5.74, 6) is 1.70. The molecule has 0 fully saturated rings. The molecule has 0 aliphatic heterocycles. The van der Waals surface area contributed by atoms with Crippen molar-refractivity contribution in [1.82, 2.24) is 4.98 Å². The molecule has 4 heteroatoms. The van der Waals surface area contributed by atoms with Crippen LogP contribution in [0.3, 0.4) is 0 Å². The Bertz CT molecular complexity index is 963. The molecule has 0 bridgehead atoms. The van der Waals surface area contributed by atoms with E-state index in [1.807, 2.05) is 43.3 Å². The van der Waals surface area contributed by atoms with Crippen molar-refractivity contribution in [2.45, 2.75) is 26.7 Å². The van der Waals surface area contributed by atoms with Gasteiger partial charge in [-0.3, -0.25) is 4.98 Å². The predicted octanol–water partition coefficient (Wildman–Crippen LogP) is 4.75. The minimum absolute atomic E-state index is 0.168. The number of fused-ring (bicyclic) bond motifs is 1. The number of nitrogens with zero attached hydrogens (tertiary/aromatic N) is 1. The maximum absolute atomic E-state index is 11.6. The van der Waals surface area contributed by atoms with Crippen molar-refractivity contribution in [3.05, 3.63) is 53.7 Å². The van der Waals surface area contributed by atoms with Crippen LogP contribution in [0.1, 0.15) is 24.6 Å². The van der Waals surface area contributed by atoms with Crippen LogP contribution in [0.5, 0.6) is 11.5 Å². The second kappa shape index (κ2) is 7.56. The molecule has 0 unspecified atom stereocenters. The van der Waals surface area contributed by atoms with Gasteiger partial charge < -0.3 is 14.3 Å². The summed E-state index contributed by atoms with van der Waals surface area (Å²) in [5.41, 5.74) is 4.95. The average molecular weight is 349 g/mol. The molecule has 4 nitrogen and oxygen atoms in total. The normalized spacial score (nSPS) is 10.8. The first-order valence-corrected chi connectivity index (χ1v) is 8.65. The zero-order valence-electron chi connectivity index (χ0n) is 15.6. The molecule has 0 spiro atoms. The van der Waals surface area contributed by atoms with Crippen LogP contribution in [-0.2, 0) is 11.2 Å². The van der Waals surface area contributed by atoms with Crippen LogP contribution < -0.4 is 9.47 Å². The number of hydrogen-bond acceptors (Lipinski definition) is 4. The molecule has 0 N–H and O–H groups in total. The van der Waals surface area contributed by atoms with E-state index in [0.717, 1.165) is 44.8 Å². The molecule has 0 aliphatic carbocycles. The van der Waals surface area contributed by atoms with Crippen molar-refractivity contribution in [3.8, 4) is 22.6 Å². The highest BCUT2D eigenvalue weighted by Gasteiger charge is 2.18. The second-order valence-corrected chi connectivity index (χ2v) is 6.34. The fourth-order valence-electron chi connectivity index (χ4n) is 3.30. The zero-order valence-corrected chi connectivity index (χ0v) is 15.6. The number of ketones is 1. The summed E-state index contributed by atoms with van der Waals surface area (Å²) >= 11 is 0. The van der Waals surface area contributed by atoms with Crippen molar-refractivity contribution in [2.24, 2.45) is 0 Å². The summed E-state index contributed by atoms with van der Waals surface area (Å²) in [6, 6.07) is 13.8. The molecular weight excluding hydrogens is 326 g/mol. The number of aryl methyl sites for hydroxylation is 1. The molecule has 3 aromatic rings. The summed E-state index contributed by atoms with van der Waals surface area (Å²) in [6.45, 7) is 3.62. The number of hydrogen-bond donors (Lipinski definition) is 0. The van der Waals surface area contributed by atoms with E-state index in [-0.39, 0.29) is 5.78 Å². The first-order valence-electron chi connectivity index (χ1n) is 8.65. The van der Waals surface area contributed by atoms with Gasteiger partial charge in [0.2, 0.25) is 0 Å². The van der Waals surface area contributed by atoms with Crippen molar-refractivity contribution in [2.75, 3.05) is 14.2 Å². The second-order valence-electron chi connectivity index (χ2n) is 6.34. The number of rotatable bonds is 6. The van der Waals surface area contributed by atoms with Crippen LogP contribution in [0, 0.1) is 6.92 Å². The number of methoxy groups -OCH3 is 2. The molecule has 26 heavy (non-hydrogen) atoms. The lowest BCUT2D eigenvalue weighted by atomic mass is 9.91. The standard InChI is InChI=1S/C22H23NO3/c1-14(24)9-11-17-15(2)23-20-8-6-5-7-18(20)22(17)19-13-16(25-3)10-12-21(19)26-4/h5-8,10,12-13H,9,11H2,1-4H3. The van der Waals surface area contributed by atoms with Gasteiger partial charge in [0.15, 0.2) is 0 Å². The molecule has 1 heterocycles. The molecule has 0 amide bonds. The largest absolute Gasteiger partial charge is 0.497 e. The zero-order chi connectivity index (χ0) is 18.7. The fraction of sp³-hybridized carbons (Fsp3) is 0.273.